The highest BCUT2D eigenvalue weighted by molar-refractivity contribution is 6.41. The van der Waals surface area contributed by atoms with Gasteiger partial charge in [0.05, 0.1) is 28.9 Å². The molecule has 7 heteroatoms. The first-order valence-electron chi connectivity index (χ1n) is 8.40. The van der Waals surface area contributed by atoms with Gasteiger partial charge in [0.25, 0.3) is 11.8 Å². The molecule has 1 aliphatic heterocycles. The number of fused-ring (bicyclic) bond motifs is 1. The van der Waals surface area contributed by atoms with Crippen molar-refractivity contribution in [1.29, 1.82) is 0 Å². The van der Waals surface area contributed by atoms with Crippen LogP contribution in [-0.4, -0.2) is 33.9 Å². The van der Waals surface area contributed by atoms with Crippen LogP contribution in [0.15, 0.2) is 60.9 Å². The largest absolute Gasteiger partial charge is 0.462 e. The fourth-order valence-electron chi connectivity index (χ4n) is 2.99. The van der Waals surface area contributed by atoms with Crippen molar-refractivity contribution in [3.8, 4) is 0 Å². The van der Waals surface area contributed by atoms with Crippen LogP contribution in [-0.2, 0) is 14.3 Å². The van der Waals surface area contributed by atoms with Crippen LogP contribution < -0.4 is 4.90 Å². The number of nitrogens with zero attached hydrogens (tertiary/aromatic N) is 3. The maximum atomic E-state index is 12.9. The van der Waals surface area contributed by atoms with Gasteiger partial charge in [0.2, 0.25) is 0 Å². The van der Waals surface area contributed by atoms with Crippen molar-refractivity contribution in [2.45, 2.75) is 6.92 Å². The Balaban J connectivity index is 1.64. The first-order valence-corrected chi connectivity index (χ1v) is 8.40. The number of rotatable bonds is 4. The Morgan fingerprint density at radius 3 is 2.56 bits per heavy atom. The van der Waals surface area contributed by atoms with Gasteiger partial charge in [-0.25, -0.2) is 14.7 Å². The summed E-state index contributed by atoms with van der Waals surface area (Å²) in [6, 6.07) is 13.5. The quantitative estimate of drug-likeness (QED) is 0.527. The Morgan fingerprint density at radius 1 is 1.07 bits per heavy atom. The summed E-state index contributed by atoms with van der Waals surface area (Å²) >= 11 is 0. The molecule has 0 saturated carbocycles. The van der Waals surface area contributed by atoms with Crippen molar-refractivity contribution in [2.75, 3.05) is 11.5 Å². The molecule has 0 fully saturated rings. The van der Waals surface area contributed by atoms with Gasteiger partial charge in [-0.2, -0.15) is 0 Å². The summed E-state index contributed by atoms with van der Waals surface area (Å²) < 4.78 is 6.54. The minimum Gasteiger partial charge on any atom is -0.462 e. The number of hydrogen-bond donors (Lipinski definition) is 0. The number of benzene rings is 2. The van der Waals surface area contributed by atoms with E-state index in [9.17, 15) is 14.4 Å². The lowest BCUT2D eigenvalue weighted by Crippen LogP contribution is -2.31. The van der Waals surface area contributed by atoms with E-state index < -0.39 is 17.8 Å². The average molecular weight is 361 g/mol. The van der Waals surface area contributed by atoms with E-state index in [1.165, 1.54) is 24.5 Å². The summed E-state index contributed by atoms with van der Waals surface area (Å²) in [7, 11) is 0. The molecule has 2 aromatic carbocycles. The smallest absolute Gasteiger partial charge is 0.338 e. The van der Waals surface area contributed by atoms with Crippen molar-refractivity contribution >= 4 is 40.2 Å². The van der Waals surface area contributed by atoms with Crippen LogP contribution in [0.1, 0.15) is 17.3 Å². The molecule has 3 aromatic rings. The molecule has 0 saturated heterocycles. The highest BCUT2D eigenvalue weighted by Gasteiger charge is 2.34. The standard InChI is InChI=1S/C20H15N3O4/c1-2-27-20(26)13-7-9-14(10-8-13)23-18(24)11-17(19(23)25)22-12-21-15-5-3-4-6-16(15)22/h3-12H,2H2,1H3. The Labute approximate surface area is 154 Å². The number of para-hydroxylation sites is 2. The lowest BCUT2D eigenvalue weighted by atomic mass is 10.2. The van der Waals surface area contributed by atoms with E-state index in [1.807, 2.05) is 24.3 Å². The maximum Gasteiger partial charge on any atom is 0.338 e. The number of hydrogen-bond acceptors (Lipinski definition) is 5. The SMILES string of the molecule is CCOC(=O)c1ccc(N2C(=O)C=C(n3cnc4ccccc43)C2=O)cc1. The van der Waals surface area contributed by atoms with Gasteiger partial charge >= 0.3 is 5.97 Å². The molecule has 0 radical (unpaired) electrons. The zero-order chi connectivity index (χ0) is 19.0. The molecule has 0 atom stereocenters. The van der Waals surface area contributed by atoms with Crippen LogP contribution in [0.25, 0.3) is 16.7 Å². The Kier molecular flexibility index (Phi) is 4.04. The summed E-state index contributed by atoms with van der Waals surface area (Å²) in [5, 5.41) is 0. The molecule has 0 spiro atoms. The minimum atomic E-state index is -0.452. The second-order valence-electron chi connectivity index (χ2n) is 5.88. The van der Waals surface area contributed by atoms with Crippen LogP contribution in [0, 0.1) is 0 Å². The Morgan fingerprint density at radius 2 is 1.81 bits per heavy atom. The van der Waals surface area contributed by atoms with Gasteiger partial charge in [-0.3, -0.25) is 14.2 Å². The highest BCUT2D eigenvalue weighted by Crippen LogP contribution is 2.27. The molecular weight excluding hydrogens is 346 g/mol. The summed E-state index contributed by atoms with van der Waals surface area (Å²) in [6.07, 6.45) is 2.81. The zero-order valence-electron chi connectivity index (χ0n) is 14.5. The summed E-state index contributed by atoms with van der Waals surface area (Å²) in [5.74, 6) is -1.35. The average Bonchev–Trinajstić information content (AvgIpc) is 3.22. The number of aromatic nitrogens is 2. The normalized spacial score (nSPS) is 14.0. The molecule has 134 valence electrons. The molecule has 0 aliphatic carbocycles. The van der Waals surface area contributed by atoms with E-state index in [-0.39, 0.29) is 12.3 Å². The van der Waals surface area contributed by atoms with Crippen LogP contribution in [0.4, 0.5) is 5.69 Å². The number of anilines is 1. The van der Waals surface area contributed by atoms with Gasteiger partial charge in [-0.15, -0.1) is 0 Å². The molecule has 0 bridgehead atoms. The molecule has 2 amide bonds. The van der Waals surface area contributed by atoms with Gasteiger partial charge in [0, 0.05) is 6.08 Å². The van der Waals surface area contributed by atoms with E-state index in [0.717, 1.165) is 15.9 Å². The third-order valence-corrected chi connectivity index (χ3v) is 4.25. The number of esters is 1. The van der Waals surface area contributed by atoms with Crippen LogP contribution in [0.3, 0.4) is 0 Å². The molecule has 0 N–H and O–H groups in total. The number of carbonyl (C=O) groups is 3. The van der Waals surface area contributed by atoms with Crippen molar-refractivity contribution in [1.82, 2.24) is 9.55 Å². The van der Waals surface area contributed by atoms with Crippen LogP contribution in [0.5, 0.6) is 0 Å². The third-order valence-electron chi connectivity index (χ3n) is 4.25. The minimum absolute atomic E-state index is 0.225. The second kappa shape index (κ2) is 6.53. The predicted molar refractivity (Wildman–Crippen MR) is 98.9 cm³/mol. The molecule has 0 unspecified atom stereocenters. The number of imide groups is 1. The maximum absolute atomic E-state index is 12.9. The van der Waals surface area contributed by atoms with Gasteiger partial charge < -0.3 is 4.74 Å². The number of amides is 2. The highest BCUT2D eigenvalue weighted by atomic mass is 16.5. The van der Waals surface area contributed by atoms with Crippen molar-refractivity contribution in [3.05, 3.63) is 66.5 Å². The summed E-state index contributed by atoms with van der Waals surface area (Å²) in [4.78, 5) is 42.4. The summed E-state index contributed by atoms with van der Waals surface area (Å²) in [5.41, 5.74) is 2.44. The van der Waals surface area contributed by atoms with Gasteiger partial charge in [-0.1, -0.05) is 12.1 Å². The van der Waals surface area contributed by atoms with Crippen molar-refractivity contribution in [3.63, 3.8) is 0 Å². The van der Waals surface area contributed by atoms with E-state index in [0.29, 0.717) is 11.3 Å². The monoisotopic (exact) mass is 361 g/mol. The Bertz CT molecular complexity index is 1100. The van der Waals surface area contributed by atoms with E-state index in [1.54, 1.807) is 23.6 Å². The fraction of sp³-hybridized carbons (Fsp3) is 0.100. The number of imidazole rings is 1. The topological polar surface area (TPSA) is 81.5 Å². The van der Waals surface area contributed by atoms with Gasteiger partial charge in [-0.05, 0) is 43.3 Å². The van der Waals surface area contributed by atoms with E-state index in [2.05, 4.69) is 4.98 Å². The molecule has 4 rings (SSSR count). The third kappa shape index (κ3) is 2.79. The molecule has 1 aromatic heterocycles. The van der Waals surface area contributed by atoms with Crippen molar-refractivity contribution in [2.24, 2.45) is 0 Å². The van der Waals surface area contributed by atoms with E-state index >= 15 is 0 Å². The molecule has 1 aliphatic rings. The number of carbonyl (C=O) groups excluding carboxylic acids is 3. The summed E-state index contributed by atoms with van der Waals surface area (Å²) in [6.45, 7) is 2.00. The van der Waals surface area contributed by atoms with Gasteiger partial charge in [0.1, 0.15) is 12.0 Å². The van der Waals surface area contributed by atoms with Gasteiger partial charge in [0.15, 0.2) is 0 Å². The van der Waals surface area contributed by atoms with Crippen molar-refractivity contribution < 1.29 is 19.1 Å². The van der Waals surface area contributed by atoms with E-state index in [4.69, 9.17) is 4.74 Å². The second-order valence-corrected chi connectivity index (χ2v) is 5.88. The molecule has 7 nitrogen and oxygen atoms in total. The first kappa shape index (κ1) is 16.7. The fourth-order valence-corrected chi connectivity index (χ4v) is 2.99. The first-order chi connectivity index (χ1) is 13.1. The predicted octanol–water partition coefficient (Wildman–Crippen LogP) is 2.63. The molecule has 2 heterocycles. The Hall–Kier alpha value is -3.74. The lowest BCUT2D eigenvalue weighted by Gasteiger charge is -2.15. The zero-order valence-corrected chi connectivity index (χ0v) is 14.5. The van der Waals surface area contributed by atoms with Crippen LogP contribution in [0.2, 0.25) is 0 Å². The number of ether oxygens (including phenoxy) is 1. The lowest BCUT2D eigenvalue weighted by molar-refractivity contribution is -0.119. The molecule has 27 heavy (non-hydrogen) atoms. The van der Waals surface area contributed by atoms with Crippen LogP contribution >= 0.6 is 0 Å². The molecular formula is C20H15N3O4.